The van der Waals surface area contributed by atoms with Crippen molar-refractivity contribution in [2.24, 2.45) is 0 Å². The number of carboxylic acid groups (broad SMARTS) is 1. The van der Waals surface area contributed by atoms with E-state index < -0.39 is 12.1 Å². The summed E-state index contributed by atoms with van der Waals surface area (Å²) in [6.07, 6.45) is 1.57. The van der Waals surface area contributed by atoms with Gasteiger partial charge in [0.25, 0.3) is 0 Å². The lowest BCUT2D eigenvalue weighted by molar-refractivity contribution is 0.119. The van der Waals surface area contributed by atoms with Crippen LogP contribution in [0.3, 0.4) is 0 Å². The Labute approximate surface area is 238 Å². The van der Waals surface area contributed by atoms with E-state index in [1.807, 2.05) is 18.2 Å². The first-order chi connectivity index (χ1) is 20.0. The second-order valence-corrected chi connectivity index (χ2v) is 10.4. The predicted octanol–water partition coefficient (Wildman–Crippen LogP) is 4.56. The highest BCUT2D eigenvalue weighted by Gasteiger charge is 2.34. The fourth-order valence-corrected chi connectivity index (χ4v) is 5.89. The van der Waals surface area contributed by atoms with Crippen molar-refractivity contribution in [1.29, 1.82) is 5.26 Å². The summed E-state index contributed by atoms with van der Waals surface area (Å²) in [5.41, 5.74) is 5.11. The summed E-state index contributed by atoms with van der Waals surface area (Å²) >= 11 is 0. The quantitative estimate of drug-likeness (QED) is 0.369. The van der Waals surface area contributed by atoms with Gasteiger partial charge < -0.3 is 24.5 Å². The molecule has 10 nitrogen and oxygen atoms in total. The third-order valence-electron chi connectivity index (χ3n) is 7.88. The van der Waals surface area contributed by atoms with Gasteiger partial charge in [-0.1, -0.05) is 36.4 Å². The molecule has 208 valence electrons. The summed E-state index contributed by atoms with van der Waals surface area (Å²) in [6.45, 7) is 4.92. The first kappa shape index (κ1) is 26.3. The normalized spacial score (nSPS) is 16.8. The molecule has 2 aromatic carbocycles. The number of rotatable bonds is 6. The Hall–Kier alpha value is -4.91. The van der Waals surface area contributed by atoms with Crippen LogP contribution in [0.1, 0.15) is 28.9 Å². The Bertz CT molecular complexity index is 1620. The van der Waals surface area contributed by atoms with Gasteiger partial charge in [0.05, 0.1) is 36.5 Å². The summed E-state index contributed by atoms with van der Waals surface area (Å²) in [4.78, 5) is 31.7. The molecule has 2 aliphatic heterocycles. The van der Waals surface area contributed by atoms with Gasteiger partial charge in [-0.25, -0.2) is 4.79 Å². The number of nitrogens with zero attached hydrogens (tertiary/aromatic N) is 7. The van der Waals surface area contributed by atoms with Crippen LogP contribution >= 0.6 is 0 Å². The molecule has 0 saturated carbocycles. The van der Waals surface area contributed by atoms with E-state index in [4.69, 9.17) is 14.7 Å². The van der Waals surface area contributed by atoms with E-state index in [1.54, 1.807) is 6.20 Å². The average molecular weight is 550 g/mol. The molecule has 2 aromatic heterocycles. The van der Waals surface area contributed by atoms with Gasteiger partial charge in [0.1, 0.15) is 12.4 Å². The van der Waals surface area contributed by atoms with Gasteiger partial charge in [-0.15, -0.1) is 0 Å². The second-order valence-electron chi connectivity index (χ2n) is 10.4. The van der Waals surface area contributed by atoms with Crippen molar-refractivity contribution in [3.63, 3.8) is 0 Å². The molecule has 2 aliphatic rings. The Balaban J connectivity index is 1.36. The second kappa shape index (κ2) is 11.3. The van der Waals surface area contributed by atoms with E-state index in [0.717, 1.165) is 35.7 Å². The summed E-state index contributed by atoms with van der Waals surface area (Å²) in [5.74, 6) is 0.757. The largest absolute Gasteiger partial charge is 0.465 e. The minimum atomic E-state index is -1.00. The highest BCUT2D eigenvalue weighted by molar-refractivity contribution is 5.97. The number of hydrogen-bond donors (Lipinski definition) is 1. The minimum absolute atomic E-state index is 0.118. The van der Waals surface area contributed by atoms with Gasteiger partial charge in [-0.2, -0.15) is 15.2 Å². The van der Waals surface area contributed by atoms with Crippen LogP contribution in [0.25, 0.3) is 10.8 Å². The number of amides is 1. The smallest absolute Gasteiger partial charge is 0.407 e. The molecule has 1 fully saturated rings. The predicted molar refractivity (Wildman–Crippen MR) is 155 cm³/mol. The van der Waals surface area contributed by atoms with Crippen LogP contribution in [0, 0.1) is 18.3 Å². The van der Waals surface area contributed by atoms with E-state index >= 15 is 0 Å². The summed E-state index contributed by atoms with van der Waals surface area (Å²) in [6, 6.07) is 20.4. The number of ether oxygens (including phenoxy) is 1. The van der Waals surface area contributed by atoms with E-state index in [2.05, 4.69) is 64.2 Å². The number of nitriles is 1. The Morgan fingerprint density at radius 2 is 1.93 bits per heavy atom. The number of hydrogen-bond acceptors (Lipinski definition) is 8. The lowest BCUT2D eigenvalue weighted by Gasteiger charge is -2.41. The standard InChI is InChI=1S/C31H31N7O3/c1-21-6-4-7-22-8-5-10-27(28(21)22)36-15-12-25-26(19-36)34-30(41-20-23-9-2-3-14-33-23)35-29(25)37-16-17-38(31(39)40)24(18-37)11-13-32/h2-10,14,24H,11-12,15-20H2,1H3,(H,39,40)/t24-/m0/s1. The minimum Gasteiger partial charge on any atom is -0.465 e. The maximum absolute atomic E-state index is 11.8. The molecule has 0 bridgehead atoms. The molecular weight excluding hydrogens is 518 g/mol. The Morgan fingerprint density at radius 3 is 2.71 bits per heavy atom. The molecule has 4 aromatic rings. The van der Waals surface area contributed by atoms with Crippen LogP contribution in [-0.2, 0) is 19.6 Å². The maximum atomic E-state index is 11.8. The number of carbonyl (C=O) groups is 1. The van der Waals surface area contributed by atoms with E-state index in [-0.39, 0.29) is 19.0 Å². The zero-order valence-corrected chi connectivity index (χ0v) is 22.9. The SMILES string of the molecule is Cc1cccc2cccc(N3CCc4c(nc(OCc5ccccn5)nc4N4CCN(C(=O)O)[C@@H](CC#N)C4)C3)c12. The zero-order valence-electron chi connectivity index (χ0n) is 22.9. The summed E-state index contributed by atoms with van der Waals surface area (Å²) in [7, 11) is 0. The first-order valence-corrected chi connectivity index (χ1v) is 13.8. The lowest BCUT2D eigenvalue weighted by Crippen LogP contribution is -2.55. The van der Waals surface area contributed by atoms with Gasteiger partial charge >= 0.3 is 12.1 Å². The molecule has 0 spiro atoms. The number of aryl methyl sites for hydroxylation is 1. The fraction of sp³-hybridized carbons (Fsp3) is 0.323. The van der Waals surface area contributed by atoms with Crippen LogP contribution < -0.4 is 14.5 Å². The van der Waals surface area contributed by atoms with Crippen molar-refractivity contribution in [3.05, 3.63) is 83.3 Å². The van der Waals surface area contributed by atoms with Crippen LogP contribution in [-0.4, -0.2) is 63.3 Å². The van der Waals surface area contributed by atoms with Gasteiger partial charge in [0.2, 0.25) is 0 Å². The molecule has 1 atom stereocenters. The summed E-state index contributed by atoms with van der Waals surface area (Å²) < 4.78 is 6.07. The molecule has 1 amide bonds. The van der Waals surface area contributed by atoms with Crippen LogP contribution in [0.5, 0.6) is 6.01 Å². The summed E-state index contributed by atoms with van der Waals surface area (Å²) in [5, 5.41) is 21.5. The molecular formula is C31H31N7O3. The number of benzene rings is 2. The monoisotopic (exact) mass is 549 g/mol. The van der Waals surface area contributed by atoms with Crippen LogP contribution in [0.2, 0.25) is 0 Å². The number of fused-ring (bicyclic) bond motifs is 2. The molecule has 41 heavy (non-hydrogen) atoms. The first-order valence-electron chi connectivity index (χ1n) is 13.8. The van der Waals surface area contributed by atoms with E-state index in [9.17, 15) is 15.2 Å². The molecule has 4 heterocycles. The van der Waals surface area contributed by atoms with E-state index in [0.29, 0.717) is 26.2 Å². The van der Waals surface area contributed by atoms with Gasteiger partial charge in [0.15, 0.2) is 0 Å². The lowest BCUT2D eigenvalue weighted by atomic mass is 9.99. The number of piperazine rings is 1. The van der Waals surface area contributed by atoms with Crippen LogP contribution in [0.4, 0.5) is 16.3 Å². The van der Waals surface area contributed by atoms with Crippen molar-refractivity contribution in [1.82, 2.24) is 19.9 Å². The molecule has 0 radical (unpaired) electrons. The van der Waals surface area contributed by atoms with Gasteiger partial charge in [-0.3, -0.25) is 4.98 Å². The molecule has 0 unspecified atom stereocenters. The van der Waals surface area contributed by atoms with Gasteiger partial charge in [-0.05, 0) is 42.5 Å². The number of anilines is 2. The maximum Gasteiger partial charge on any atom is 0.407 e. The van der Waals surface area contributed by atoms with Crippen molar-refractivity contribution in [3.8, 4) is 12.1 Å². The Kier molecular flexibility index (Phi) is 7.25. The van der Waals surface area contributed by atoms with Gasteiger partial charge in [0, 0.05) is 49.0 Å². The van der Waals surface area contributed by atoms with E-state index in [1.165, 1.54) is 26.9 Å². The molecule has 1 saturated heterocycles. The van der Waals surface area contributed by atoms with Crippen LogP contribution in [0.15, 0.2) is 60.8 Å². The van der Waals surface area contributed by atoms with Crippen molar-refractivity contribution >= 4 is 28.4 Å². The molecule has 1 N–H and O–H groups in total. The molecule has 6 rings (SSSR count). The topological polar surface area (TPSA) is 119 Å². The van der Waals surface area contributed by atoms with Crippen molar-refractivity contribution in [2.45, 2.75) is 39.0 Å². The Morgan fingerprint density at radius 1 is 1.07 bits per heavy atom. The zero-order chi connectivity index (χ0) is 28.3. The number of aromatic nitrogens is 3. The third kappa shape index (κ3) is 5.31. The molecule has 10 heteroatoms. The highest BCUT2D eigenvalue weighted by Crippen LogP contribution is 2.36. The fourth-order valence-electron chi connectivity index (χ4n) is 5.89. The highest BCUT2D eigenvalue weighted by atomic mass is 16.5. The van der Waals surface area contributed by atoms with Crippen molar-refractivity contribution in [2.75, 3.05) is 36.0 Å². The third-order valence-corrected chi connectivity index (χ3v) is 7.88. The average Bonchev–Trinajstić information content (AvgIpc) is 3.00. The molecule has 0 aliphatic carbocycles. The van der Waals surface area contributed by atoms with Crippen molar-refractivity contribution < 1.29 is 14.6 Å². The number of pyridine rings is 1.